The van der Waals surface area contributed by atoms with Gasteiger partial charge in [0.2, 0.25) is 11.8 Å². The first kappa shape index (κ1) is 69.7. The Morgan fingerprint density at radius 1 is 0.446 bits per heavy atom. The molecule has 6 heterocycles. The summed E-state index contributed by atoms with van der Waals surface area (Å²) in [6.07, 6.45) is -62.5. The maximum atomic E-state index is 12.8. The van der Waals surface area contributed by atoms with Crippen molar-refractivity contribution in [2.24, 2.45) is 0 Å². The first-order chi connectivity index (χ1) is 39.1. The van der Waals surface area contributed by atoms with Crippen molar-refractivity contribution in [3.05, 3.63) is 0 Å². The zero-order valence-electron chi connectivity index (χ0n) is 44.7. The molecule has 6 fully saturated rings. The third kappa shape index (κ3) is 15.9. The average Bonchev–Trinajstić information content (AvgIpc) is 3.66. The van der Waals surface area contributed by atoms with E-state index in [9.17, 15) is 117 Å². The van der Waals surface area contributed by atoms with Gasteiger partial charge in [-0.15, -0.1) is 0 Å². The molecule has 34 atom stereocenters. The molecule has 0 radical (unpaired) electrons. The predicted molar refractivity (Wildman–Crippen MR) is 256 cm³/mol. The maximum absolute atomic E-state index is 12.8. The molecule has 0 aromatic carbocycles. The van der Waals surface area contributed by atoms with Crippen LogP contribution in [-0.2, 0) is 66.4 Å². The minimum absolute atomic E-state index is 0.800. The lowest BCUT2D eigenvalue weighted by atomic mass is 9.94. The monoisotopic (exact) mass is 1220 g/mol. The summed E-state index contributed by atoms with van der Waals surface area (Å²) in [7, 11) is 0. The van der Waals surface area contributed by atoms with E-state index in [0.717, 1.165) is 13.8 Å². The summed E-state index contributed by atoms with van der Waals surface area (Å²) in [5, 5.41) is 231. The second kappa shape index (κ2) is 30.7. The summed E-state index contributed by atoms with van der Waals surface area (Å²) in [4.78, 5) is 24.9. The van der Waals surface area contributed by atoms with Crippen molar-refractivity contribution in [2.45, 2.75) is 229 Å². The molecule has 23 N–H and O–H groups in total. The van der Waals surface area contributed by atoms with Crippen molar-refractivity contribution in [3.8, 4) is 0 Å². The summed E-state index contributed by atoms with van der Waals surface area (Å²) in [5.74, 6) is -1.73. The molecule has 0 spiro atoms. The van der Waals surface area contributed by atoms with Gasteiger partial charge in [-0.05, 0) is 6.92 Å². The minimum atomic E-state index is -2.34. The number of ether oxygens (including phenoxy) is 12. The summed E-state index contributed by atoms with van der Waals surface area (Å²) in [5.41, 5.74) is 0. The molecule has 484 valence electrons. The first-order valence-electron chi connectivity index (χ1n) is 26.4. The van der Waals surface area contributed by atoms with Crippen LogP contribution in [0.3, 0.4) is 0 Å². The summed E-state index contributed by atoms with van der Waals surface area (Å²) < 4.78 is 68.2. The Morgan fingerprint density at radius 2 is 0.867 bits per heavy atom. The van der Waals surface area contributed by atoms with Crippen molar-refractivity contribution in [1.82, 2.24) is 10.6 Å². The number of hydrogen-bond donors (Lipinski definition) is 23. The van der Waals surface area contributed by atoms with E-state index in [1.807, 2.05) is 0 Å². The minimum Gasteiger partial charge on any atom is -0.394 e. The molecule has 0 aliphatic carbocycles. The van der Waals surface area contributed by atoms with E-state index < -0.39 is 267 Å². The molecule has 0 aromatic heterocycles. The van der Waals surface area contributed by atoms with Gasteiger partial charge in [0.1, 0.15) is 159 Å². The Balaban J connectivity index is 1.28. The average molecular weight is 1220 g/mol. The highest BCUT2D eigenvalue weighted by atomic mass is 16.8. The summed E-state index contributed by atoms with van der Waals surface area (Å²) in [6.45, 7) is -3.72. The molecule has 6 aliphatic rings. The topological polar surface area (TPSA) is 594 Å². The molecule has 6 aliphatic heterocycles. The summed E-state index contributed by atoms with van der Waals surface area (Å²) in [6, 6.07) is -3.56. The van der Waals surface area contributed by atoms with Crippen LogP contribution in [0.4, 0.5) is 0 Å². The number of aliphatic hydroxyl groups is 21. The van der Waals surface area contributed by atoms with Gasteiger partial charge < -0.3 is 175 Å². The van der Waals surface area contributed by atoms with E-state index in [1.54, 1.807) is 0 Å². The SMILES string of the molecule is CC(=O)N[C@H]1[C@H](O[C@@H]([C@H](O)[C@H](CO)NC(C)=O)[C@H](O)CO[C@@H]2O[C@@H](C)[C@@H](O)[C@@H](O)[C@@H]2O)O[C@H](CO)[C@@H](O[C@@H]2O[C@H](CO[C@H]3O[C@H](CO)[C@@H](O)[C@H](O[C@H]4O[C@H](CO)[C@@H](O)[C@H](O)[C@@H]4O)[C@@H]3O)[C@@H](O)[C@H](O[C@H]3O[C@H](CO)[C@@H](O)[C@H](O)[C@@H]3O)[C@@H]2O)[C@@H]1O. The van der Waals surface area contributed by atoms with Crippen LogP contribution in [0.1, 0.15) is 20.8 Å². The standard InChI is InChI=1S/C46H80N2O35/c1-11-22(57)29(64)32(67)42(74-11)72-9-15(56)37(23(58)14(4-49)47-12(2)54)80-41-21(48-13(3)55)28(63)38(19(8-53)78-41)81-46-36(71)40(83-45-34(69)31(66)25(60)17(6-51)77-45)27(62)20(79-46)10-73-43-35(70)39(26(61)18(7-52)75-43)82-44-33(68)30(65)24(59)16(5-50)76-44/h11,14-46,49-53,56-71H,4-10H2,1-3H3,(H,47,54)(H,48,55)/t11-,14-,15+,16+,17+,18+,19+,20+,21+,22+,23+,24+,25+,26+,27+,28+,29+,30-,31-,32-,33-,34-,35-,36-,37+,38+,39-,40-,41-,42+,43-,44+,45+,46-/m0/s1. The molecule has 0 unspecified atom stereocenters. The predicted octanol–water partition coefficient (Wildman–Crippen LogP) is -15.3. The second-order valence-corrected chi connectivity index (χ2v) is 20.9. The Morgan fingerprint density at radius 3 is 1.37 bits per heavy atom. The van der Waals surface area contributed by atoms with Crippen LogP contribution in [0.2, 0.25) is 0 Å². The molecule has 0 saturated carbocycles. The van der Waals surface area contributed by atoms with Gasteiger partial charge in [-0.1, -0.05) is 0 Å². The van der Waals surface area contributed by atoms with Gasteiger partial charge in [0.25, 0.3) is 0 Å². The Hall–Kier alpha value is -2.38. The Bertz CT molecular complexity index is 1990. The fourth-order valence-electron chi connectivity index (χ4n) is 10.1. The fourth-order valence-corrected chi connectivity index (χ4v) is 10.1. The molecule has 2 amide bonds. The molecule has 6 rings (SSSR count). The van der Waals surface area contributed by atoms with Crippen LogP contribution in [0.15, 0.2) is 0 Å². The molecule has 0 aromatic rings. The highest BCUT2D eigenvalue weighted by Gasteiger charge is 2.57. The largest absolute Gasteiger partial charge is 0.394 e. The molecule has 0 bridgehead atoms. The summed E-state index contributed by atoms with van der Waals surface area (Å²) >= 11 is 0. The Labute approximate surface area is 471 Å². The van der Waals surface area contributed by atoms with Crippen molar-refractivity contribution >= 4 is 11.8 Å². The van der Waals surface area contributed by atoms with E-state index >= 15 is 0 Å². The molecular formula is C46H80N2O35. The highest BCUT2D eigenvalue weighted by Crippen LogP contribution is 2.36. The van der Waals surface area contributed by atoms with Crippen LogP contribution in [-0.4, -0.2) is 374 Å². The maximum Gasteiger partial charge on any atom is 0.217 e. The lowest BCUT2D eigenvalue weighted by molar-refractivity contribution is -0.385. The molecule has 6 saturated heterocycles. The third-order valence-corrected chi connectivity index (χ3v) is 14.9. The number of rotatable bonds is 24. The second-order valence-electron chi connectivity index (χ2n) is 20.9. The van der Waals surface area contributed by atoms with Gasteiger partial charge in [-0.25, -0.2) is 0 Å². The van der Waals surface area contributed by atoms with Gasteiger partial charge in [0, 0.05) is 13.8 Å². The van der Waals surface area contributed by atoms with Crippen molar-refractivity contribution < 1.29 is 174 Å². The first-order valence-corrected chi connectivity index (χ1v) is 26.4. The Kier molecular flexibility index (Phi) is 25.8. The molecular weight excluding hydrogens is 1140 g/mol. The van der Waals surface area contributed by atoms with Crippen LogP contribution in [0.25, 0.3) is 0 Å². The lowest BCUT2D eigenvalue weighted by Crippen LogP contribution is -2.69. The van der Waals surface area contributed by atoms with E-state index in [2.05, 4.69) is 10.6 Å². The van der Waals surface area contributed by atoms with Crippen LogP contribution in [0, 0.1) is 0 Å². The molecule has 37 heteroatoms. The fraction of sp³-hybridized carbons (Fsp3) is 0.957. The lowest BCUT2D eigenvalue weighted by Gasteiger charge is -2.49. The highest BCUT2D eigenvalue weighted by molar-refractivity contribution is 5.73. The van der Waals surface area contributed by atoms with Crippen LogP contribution >= 0.6 is 0 Å². The van der Waals surface area contributed by atoms with Gasteiger partial charge in [0.05, 0.1) is 58.4 Å². The normalized spacial score (nSPS) is 46.8. The molecule has 83 heavy (non-hydrogen) atoms. The quantitative estimate of drug-likeness (QED) is 0.0427. The van der Waals surface area contributed by atoms with E-state index in [4.69, 9.17) is 56.8 Å². The number of hydrogen-bond acceptors (Lipinski definition) is 35. The third-order valence-electron chi connectivity index (χ3n) is 14.9. The van der Waals surface area contributed by atoms with Gasteiger partial charge >= 0.3 is 0 Å². The van der Waals surface area contributed by atoms with E-state index in [1.165, 1.54) is 6.92 Å². The number of nitrogens with one attached hydrogen (secondary N) is 2. The van der Waals surface area contributed by atoms with Crippen LogP contribution < -0.4 is 10.6 Å². The number of aliphatic hydroxyl groups excluding tert-OH is 21. The number of amides is 2. The van der Waals surface area contributed by atoms with E-state index in [-0.39, 0.29) is 0 Å². The van der Waals surface area contributed by atoms with Crippen molar-refractivity contribution in [2.75, 3.05) is 46.2 Å². The van der Waals surface area contributed by atoms with Crippen molar-refractivity contribution in [3.63, 3.8) is 0 Å². The zero-order valence-corrected chi connectivity index (χ0v) is 44.7. The number of carbonyl (C=O) groups is 2. The van der Waals surface area contributed by atoms with Crippen molar-refractivity contribution in [1.29, 1.82) is 0 Å². The number of carbonyl (C=O) groups excluding carboxylic acids is 2. The smallest absolute Gasteiger partial charge is 0.217 e. The van der Waals surface area contributed by atoms with Crippen LogP contribution in [0.5, 0.6) is 0 Å². The zero-order chi connectivity index (χ0) is 61.6. The van der Waals surface area contributed by atoms with Gasteiger partial charge in [-0.2, -0.15) is 0 Å². The van der Waals surface area contributed by atoms with Gasteiger partial charge in [0.15, 0.2) is 37.7 Å². The molecule has 37 nitrogen and oxygen atoms in total. The van der Waals surface area contributed by atoms with Gasteiger partial charge in [-0.3, -0.25) is 9.59 Å². The van der Waals surface area contributed by atoms with E-state index in [0.29, 0.717) is 0 Å².